The third-order valence-corrected chi connectivity index (χ3v) is 5.07. The number of hydrogen-bond donors (Lipinski definition) is 1. The molecule has 0 aromatic carbocycles. The van der Waals surface area contributed by atoms with Crippen LogP contribution in [0.15, 0.2) is 9.90 Å². The van der Waals surface area contributed by atoms with Gasteiger partial charge in [0.2, 0.25) is 0 Å². The summed E-state index contributed by atoms with van der Waals surface area (Å²) in [6.07, 6.45) is 0.587. The van der Waals surface area contributed by atoms with Crippen molar-refractivity contribution in [3.05, 3.63) is 32.3 Å². The topological polar surface area (TPSA) is 77.8 Å². The van der Waals surface area contributed by atoms with E-state index in [1.165, 1.54) is 4.88 Å². The molecule has 0 atom stereocenters. The smallest absolute Gasteiger partial charge is 0.261 e. The van der Waals surface area contributed by atoms with Gasteiger partial charge in [0.1, 0.15) is 5.01 Å². The number of aromatic nitrogens is 3. The fourth-order valence-electron chi connectivity index (χ4n) is 1.97. The van der Waals surface area contributed by atoms with Crippen molar-refractivity contribution < 1.29 is 4.52 Å². The van der Waals surface area contributed by atoms with Crippen molar-refractivity contribution >= 4 is 27.7 Å². The zero-order valence-electron chi connectivity index (χ0n) is 11.4. The van der Waals surface area contributed by atoms with Crippen LogP contribution >= 0.6 is 22.7 Å². The normalized spacial score (nSPS) is 11.2. The van der Waals surface area contributed by atoms with Gasteiger partial charge < -0.3 is 10.3 Å². The molecule has 20 heavy (non-hydrogen) atoms. The molecule has 0 fully saturated rings. The van der Waals surface area contributed by atoms with Gasteiger partial charge in [-0.2, -0.15) is 4.98 Å². The van der Waals surface area contributed by atoms with Gasteiger partial charge in [0.25, 0.3) is 5.89 Å². The molecule has 5 nitrogen and oxygen atoms in total. The summed E-state index contributed by atoms with van der Waals surface area (Å²) in [5.74, 6) is 1.13. The largest absolute Gasteiger partial charge is 0.390 e. The quantitative estimate of drug-likeness (QED) is 0.803. The number of anilines is 1. The maximum absolute atomic E-state index is 6.02. The van der Waals surface area contributed by atoms with E-state index in [4.69, 9.17) is 10.3 Å². The molecule has 3 rings (SSSR count). The van der Waals surface area contributed by atoms with Crippen molar-refractivity contribution in [2.24, 2.45) is 0 Å². The van der Waals surface area contributed by atoms with Gasteiger partial charge in [0, 0.05) is 16.0 Å². The summed E-state index contributed by atoms with van der Waals surface area (Å²) in [6.45, 7) is 6.03. The zero-order chi connectivity index (χ0) is 14.3. The van der Waals surface area contributed by atoms with Crippen LogP contribution in [0.2, 0.25) is 0 Å². The average Bonchev–Trinajstić information content (AvgIpc) is 3.04. The molecule has 0 aliphatic carbocycles. The summed E-state index contributed by atoms with van der Waals surface area (Å²) in [4.78, 5) is 10.0. The molecule has 3 aromatic heterocycles. The molecule has 0 spiro atoms. The fourth-order valence-corrected chi connectivity index (χ4v) is 3.66. The van der Waals surface area contributed by atoms with E-state index in [1.54, 1.807) is 22.7 Å². The van der Waals surface area contributed by atoms with Crippen molar-refractivity contribution in [3.8, 4) is 11.5 Å². The van der Waals surface area contributed by atoms with Crippen molar-refractivity contribution in [3.63, 3.8) is 0 Å². The molecule has 0 radical (unpaired) electrons. The van der Waals surface area contributed by atoms with Gasteiger partial charge in [-0.05, 0) is 26.3 Å². The summed E-state index contributed by atoms with van der Waals surface area (Å²) < 4.78 is 5.35. The van der Waals surface area contributed by atoms with E-state index in [2.05, 4.69) is 15.1 Å². The van der Waals surface area contributed by atoms with Crippen LogP contribution in [0.3, 0.4) is 0 Å². The predicted molar refractivity (Wildman–Crippen MR) is 81.2 cm³/mol. The Bertz CT molecular complexity index is 756. The maximum atomic E-state index is 6.02. The molecule has 0 unspecified atom stereocenters. The Morgan fingerprint density at radius 3 is 2.65 bits per heavy atom. The number of thiophene rings is 1. The molecular weight excluding hydrogens is 292 g/mol. The van der Waals surface area contributed by atoms with E-state index in [1.807, 2.05) is 26.2 Å². The Labute approximate surface area is 124 Å². The summed E-state index contributed by atoms with van der Waals surface area (Å²) in [6, 6.07) is 0. The van der Waals surface area contributed by atoms with Gasteiger partial charge in [-0.15, -0.1) is 22.7 Å². The molecular formula is C13H14N4OS2. The molecule has 0 aliphatic rings. The molecule has 3 heterocycles. The van der Waals surface area contributed by atoms with Gasteiger partial charge in [-0.25, -0.2) is 4.98 Å². The number of rotatable bonds is 3. The number of aryl methyl sites for hydroxylation is 2. The van der Waals surface area contributed by atoms with Gasteiger partial charge in [-0.1, -0.05) is 5.16 Å². The lowest BCUT2D eigenvalue weighted by Crippen LogP contribution is -1.91. The highest BCUT2D eigenvalue weighted by Gasteiger charge is 2.18. The Balaban J connectivity index is 1.90. The Kier molecular flexibility index (Phi) is 3.31. The molecule has 0 aliphatic heterocycles. The highest BCUT2D eigenvalue weighted by Crippen LogP contribution is 2.37. The van der Waals surface area contributed by atoms with Crippen LogP contribution in [-0.4, -0.2) is 15.1 Å². The molecule has 104 valence electrons. The molecule has 7 heteroatoms. The van der Waals surface area contributed by atoms with E-state index >= 15 is 0 Å². The first-order chi connectivity index (χ1) is 9.54. The molecule has 0 bridgehead atoms. The summed E-state index contributed by atoms with van der Waals surface area (Å²) >= 11 is 3.15. The van der Waals surface area contributed by atoms with Crippen LogP contribution in [0, 0.1) is 20.8 Å². The van der Waals surface area contributed by atoms with Crippen LogP contribution in [-0.2, 0) is 6.42 Å². The maximum Gasteiger partial charge on any atom is 0.261 e. The van der Waals surface area contributed by atoms with E-state index in [0.717, 1.165) is 26.8 Å². The van der Waals surface area contributed by atoms with Crippen LogP contribution in [0.25, 0.3) is 11.5 Å². The molecule has 0 saturated heterocycles. The second-order valence-electron chi connectivity index (χ2n) is 4.60. The van der Waals surface area contributed by atoms with E-state index in [0.29, 0.717) is 18.1 Å². The van der Waals surface area contributed by atoms with Crippen LogP contribution < -0.4 is 5.73 Å². The molecule has 0 saturated carbocycles. The number of nitrogens with zero attached hydrogens (tertiary/aromatic N) is 3. The summed E-state index contributed by atoms with van der Waals surface area (Å²) in [7, 11) is 0. The lowest BCUT2D eigenvalue weighted by Gasteiger charge is -1.94. The van der Waals surface area contributed by atoms with Crippen LogP contribution in [0.4, 0.5) is 5.00 Å². The minimum atomic E-state index is 0.493. The van der Waals surface area contributed by atoms with Crippen molar-refractivity contribution in [2.45, 2.75) is 27.2 Å². The monoisotopic (exact) mass is 306 g/mol. The molecule has 2 N–H and O–H groups in total. The third-order valence-electron chi connectivity index (χ3n) is 3.07. The second-order valence-corrected chi connectivity index (χ2v) is 6.80. The first kappa shape index (κ1) is 13.3. The summed E-state index contributed by atoms with van der Waals surface area (Å²) in [5, 5.41) is 7.74. The van der Waals surface area contributed by atoms with Crippen molar-refractivity contribution in [1.82, 2.24) is 15.1 Å². The molecule has 3 aromatic rings. The highest BCUT2D eigenvalue weighted by molar-refractivity contribution is 7.16. The Morgan fingerprint density at radius 2 is 2.05 bits per heavy atom. The number of hydrogen-bond acceptors (Lipinski definition) is 7. The minimum absolute atomic E-state index is 0.493. The van der Waals surface area contributed by atoms with E-state index in [-0.39, 0.29) is 0 Å². The van der Waals surface area contributed by atoms with Gasteiger partial charge in [0.05, 0.1) is 17.0 Å². The molecule has 0 amide bonds. The highest BCUT2D eigenvalue weighted by atomic mass is 32.1. The predicted octanol–water partition coefficient (Wildman–Crippen LogP) is 3.35. The van der Waals surface area contributed by atoms with Gasteiger partial charge in [-0.3, -0.25) is 0 Å². The zero-order valence-corrected chi connectivity index (χ0v) is 13.1. The first-order valence-electron chi connectivity index (χ1n) is 6.14. The first-order valence-corrected chi connectivity index (χ1v) is 7.83. The fraction of sp³-hybridized carbons (Fsp3) is 0.308. The average molecular weight is 306 g/mol. The second kappa shape index (κ2) is 4.99. The van der Waals surface area contributed by atoms with E-state index in [9.17, 15) is 0 Å². The Morgan fingerprint density at radius 1 is 1.25 bits per heavy atom. The number of nitrogens with two attached hydrogens (primary N) is 1. The van der Waals surface area contributed by atoms with Crippen molar-refractivity contribution in [1.29, 1.82) is 0 Å². The lowest BCUT2D eigenvalue weighted by atomic mass is 10.1. The number of nitrogen functional groups attached to an aromatic ring is 1. The third kappa shape index (κ3) is 2.34. The standard InChI is InChI=1S/C13H14N4OS2/c1-6-5-19-10(15-6)4-9-16-13(18-17-9)11-7(2)8(3)20-12(11)14/h5H,4,14H2,1-3H3. The van der Waals surface area contributed by atoms with E-state index < -0.39 is 0 Å². The van der Waals surface area contributed by atoms with Crippen molar-refractivity contribution in [2.75, 3.05) is 5.73 Å². The minimum Gasteiger partial charge on any atom is -0.390 e. The Hall–Kier alpha value is -1.73. The number of thiazole rings is 1. The lowest BCUT2D eigenvalue weighted by molar-refractivity contribution is 0.424. The van der Waals surface area contributed by atoms with Gasteiger partial charge >= 0.3 is 0 Å². The summed E-state index contributed by atoms with van der Waals surface area (Å²) in [5.41, 5.74) is 9.00. The SMILES string of the molecule is Cc1csc(Cc2noc(-c3c(N)sc(C)c3C)n2)n1. The van der Waals surface area contributed by atoms with Gasteiger partial charge in [0.15, 0.2) is 5.82 Å². The van der Waals surface area contributed by atoms with Crippen LogP contribution in [0.5, 0.6) is 0 Å². The van der Waals surface area contributed by atoms with Crippen LogP contribution in [0.1, 0.15) is 27.0 Å².